The molecule has 0 saturated carbocycles. The minimum absolute atomic E-state index is 0.348. The highest BCUT2D eigenvalue weighted by Crippen LogP contribution is 2.31. The van der Waals surface area contributed by atoms with Crippen molar-refractivity contribution in [3.63, 3.8) is 0 Å². The molecule has 0 unspecified atom stereocenters. The Kier molecular flexibility index (Phi) is 4.66. The van der Waals surface area contributed by atoms with Crippen LogP contribution in [-0.2, 0) is 6.18 Å². The van der Waals surface area contributed by atoms with Gasteiger partial charge in [-0.15, -0.1) is 0 Å². The molecule has 0 saturated heterocycles. The van der Waals surface area contributed by atoms with Gasteiger partial charge in [-0.05, 0) is 42.5 Å². The van der Waals surface area contributed by atoms with Crippen LogP contribution >= 0.6 is 11.8 Å². The lowest BCUT2D eigenvalue weighted by atomic mass is 10.3. The highest BCUT2D eigenvalue weighted by molar-refractivity contribution is 7.99. The fraction of sp³-hybridized carbons (Fsp3) is 0.0625. The topological polar surface area (TPSA) is 47.9 Å². The van der Waals surface area contributed by atoms with Gasteiger partial charge in [-0.1, -0.05) is 11.8 Å². The van der Waals surface area contributed by atoms with Gasteiger partial charge >= 0.3 is 12.2 Å². The number of ether oxygens (including phenoxy) is 1. The molecule has 3 aromatic rings. The summed E-state index contributed by atoms with van der Waals surface area (Å²) in [6.07, 6.45) is -0.125. The van der Waals surface area contributed by atoms with E-state index in [9.17, 15) is 13.2 Å². The summed E-state index contributed by atoms with van der Waals surface area (Å²) in [4.78, 5) is 13.0. The van der Waals surface area contributed by atoms with E-state index in [0.717, 1.165) is 22.1 Å². The third kappa shape index (κ3) is 4.23. The van der Waals surface area contributed by atoms with Crippen LogP contribution in [-0.4, -0.2) is 15.0 Å². The zero-order valence-corrected chi connectivity index (χ0v) is 12.9. The molecule has 0 spiro atoms. The van der Waals surface area contributed by atoms with Crippen molar-refractivity contribution in [3.8, 4) is 11.8 Å². The van der Waals surface area contributed by atoms with Crippen LogP contribution in [0.4, 0.5) is 13.2 Å². The maximum absolute atomic E-state index is 12.6. The third-order valence-electron chi connectivity index (χ3n) is 2.84. The summed E-state index contributed by atoms with van der Waals surface area (Å²) in [5.74, 6) is 0.355. The number of aromatic nitrogens is 3. The van der Waals surface area contributed by atoms with E-state index in [4.69, 9.17) is 4.74 Å². The predicted octanol–water partition coefficient (Wildman–Crippen LogP) is 4.83. The Morgan fingerprint density at radius 1 is 0.833 bits per heavy atom. The Labute approximate surface area is 139 Å². The highest BCUT2D eigenvalue weighted by Gasteiger charge is 2.33. The van der Waals surface area contributed by atoms with E-state index in [1.54, 1.807) is 36.7 Å². The molecule has 0 aliphatic carbocycles. The summed E-state index contributed by atoms with van der Waals surface area (Å²) in [5, 5.41) is 0. The minimum Gasteiger partial charge on any atom is -0.424 e. The molecule has 24 heavy (non-hydrogen) atoms. The van der Waals surface area contributed by atoms with Crippen molar-refractivity contribution in [3.05, 3.63) is 66.7 Å². The second kappa shape index (κ2) is 6.88. The quantitative estimate of drug-likeness (QED) is 0.675. The molecule has 0 N–H and O–H groups in total. The van der Waals surface area contributed by atoms with Gasteiger partial charge < -0.3 is 4.74 Å². The molecule has 0 fully saturated rings. The van der Waals surface area contributed by atoms with E-state index >= 15 is 0 Å². The van der Waals surface area contributed by atoms with Gasteiger partial charge in [-0.2, -0.15) is 18.2 Å². The molecular weight excluding hydrogens is 339 g/mol. The number of alkyl halides is 3. The third-order valence-corrected chi connectivity index (χ3v) is 3.86. The normalized spacial score (nSPS) is 11.3. The average molecular weight is 349 g/mol. The molecule has 0 amide bonds. The first-order chi connectivity index (χ1) is 11.5. The first-order valence-corrected chi connectivity index (χ1v) is 7.58. The van der Waals surface area contributed by atoms with Gasteiger partial charge in [0.2, 0.25) is 0 Å². The summed E-state index contributed by atoms with van der Waals surface area (Å²) < 4.78 is 43.1. The molecule has 3 rings (SSSR count). The summed E-state index contributed by atoms with van der Waals surface area (Å²) in [6.45, 7) is 0. The number of rotatable bonds is 4. The van der Waals surface area contributed by atoms with Crippen molar-refractivity contribution >= 4 is 11.8 Å². The van der Waals surface area contributed by atoms with Gasteiger partial charge in [0.25, 0.3) is 0 Å². The fourth-order valence-corrected chi connectivity index (χ4v) is 2.57. The number of pyridine rings is 1. The molecule has 2 aromatic heterocycles. The summed E-state index contributed by atoms with van der Waals surface area (Å²) in [7, 11) is 0. The van der Waals surface area contributed by atoms with Crippen molar-refractivity contribution in [1.82, 2.24) is 15.0 Å². The highest BCUT2D eigenvalue weighted by atomic mass is 32.2. The summed E-state index contributed by atoms with van der Waals surface area (Å²) in [5.41, 5.74) is -1.04. The van der Waals surface area contributed by atoms with E-state index < -0.39 is 11.9 Å². The number of halogens is 3. The van der Waals surface area contributed by atoms with Crippen LogP contribution in [0.25, 0.3) is 0 Å². The summed E-state index contributed by atoms with van der Waals surface area (Å²) in [6, 6.07) is 11.1. The average Bonchev–Trinajstić information content (AvgIpc) is 2.57. The lowest BCUT2D eigenvalue weighted by molar-refractivity contribution is -0.141. The molecule has 122 valence electrons. The second-order valence-electron chi connectivity index (χ2n) is 4.58. The van der Waals surface area contributed by atoms with Crippen LogP contribution in [0, 0.1) is 0 Å². The largest absolute Gasteiger partial charge is 0.433 e. The molecule has 2 heterocycles. The van der Waals surface area contributed by atoms with Crippen molar-refractivity contribution in [2.45, 2.75) is 16.0 Å². The molecule has 0 radical (unpaired) electrons. The van der Waals surface area contributed by atoms with E-state index in [2.05, 4.69) is 15.0 Å². The standard InChI is InChI=1S/C16H10F3N3OS/c17-16(18,19)14-7-10-21-15(22-14)23-11-1-3-12(4-2-11)24-13-5-8-20-9-6-13/h1-10H. The number of hydrogen-bond donors (Lipinski definition) is 0. The SMILES string of the molecule is FC(F)(F)c1ccnc(Oc2ccc(Sc3ccncc3)cc2)n1. The molecule has 8 heteroatoms. The Bertz CT molecular complexity index is 811. The number of hydrogen-bond acceptors (Lipinski definition) is 5. The lowest BCUT2D eigenvalue weighted by Gasteiger charge is -2.08. The molecule has 0 atom stereocenters. The molecular formula is C16H10F3N3OS. The van der Waals surface area contributed by atoms with Crippen molar-refractivity contribution in [2.75, 3.05) is 0 Å². The first-order valence-electron chi connectivity index (χ1n) is 6.77. The van der Waals surface area contributed by atoms with Crippen molar-refractivity contribution in [1.29, 1.82) is 0 Å². The van der Waals surface area contributed by atoms with E-state index in [0.29, 0.717) is 5.75 Å². The Balaban J connectivity index is 1.70. The minimum atomic E-state index is -4.54. The number of benzene rings is 1. The van der Waals surface area contributed by atoms with Crippen LogP contribution in [0.15, 0.2) is 70.8 Å². The maximum atomic E-state index is 12.6. The van der Waals surface area contributed by atoms with Gasteiger partial charge in [0, 0.05) is 28.4 Å². The smallest absolute Gasteiger partial charge is 0.424 e. The molecule has 4 nitrogen and oxygen atoms in total. The van der Waals surface area contributed by atoms with E-state index in [1.807, 2.05) is 12.1 Å². The van der Waals surface area contributed by atoms with Crippen LogP contribution in [0.1, 0.15) is 5.69 Å². The zero-order valence-electron chi connectivity index (χ0n) is 12.1. The van der Waals surface area contributed by atoms with Crippen molar-refractivity contribution in [2.24, 2.45) is 0 Å². The van der Waals surface area contributed by atoms with E-state index in [-0.39, 0.29) is 6.01 Å². The molecule has 0 aliphatic heterocycles. The van der Waals surface area contributed by atoms with Crippen LogP contribution < -0.4 is 4.74 Å². The maximum Gasteiger partial charge on any atom is 0.433 e. The lowest BCUT2D eigenvalue weighted by Crippen LogP contribution is -2.08. The first kappa shape index (κ1) is 16.3. The van der Waals surface area contributed by atoms with Gasteiger partial charge in [-0.3, -0.25) is 4.98 Å². The second-order valence-corrected chi connectivity index (χ2v) is 5.73. The van der Waals surface area contributed by atoms with Gasteiger partial charge in [0.1, 0.15) is 5.75 Å². The van der Waals surface area contributed by atoms with Crippen molar-refractivity contribution < 1.29 is 17.9 Å². The summed E-state index contributed by atoms with van der Waals surface area (Å²) >= 11 is 1.53. The van der Waals surface area contributed by atoms with Crippen LogP contribution in [0.5, 0.6) is 11.8 Å². The van der Waals surface area contributed by atoms with Gasteiger partial charge in [0.05, 0.1) is 0 Å². The molecule has 1 aromatic carbocycles. The Hall–Kier alpha value is -2.61. The predicted molar refractivity (Wildman–Crippen MR) is 81.9 cm³/mol. The zero-order chi connectivity index (χ0) is 17.0. The molecule has 0 bridgehead atoms. The Morgan fingerprint density at radius 3 is 2.17 bits per heavy atom. The monoisotopic (exact) mass is 349 g/mol. The van der Waals surface area contributed by atoms with Gasteiger partial charge in [-0.25, -0.2) is 4.98 Å². The number of nitrogens with zero attached hydrogens (tertiary/aromatic N) is 3. The van der Waals surface area contributed by atoms with Crippen LogP contribution in [0.3, 0.4) is 0 Å². The van der Waals surface area contributed by atoms with E-state index in [1.165, 1.54) is 11.8 Å². The molecule has 0 aliphatic rings. The Morgan fingerprint density at radius 2 is 1.50 bits per heavy atom. The fourth-order valence-electron chi connectivity index (χ4n) is 1.77. The van der Waals surface area contributed by atoms with Crippen LogP contribution in [0.2, 0.25) is 0 Å². The van der Waals surface area contributed by atoms with Gasteiger partial charge in [0.15, 0.2) is 5.69 Å².